The molecule has 1 fully saturated rings. The van der Waals surface area contributed by atoms with Gasteiger partial charge in [0.25, 0.3) is 5.91 Å². The van der Waals surface area contributed by atoms with Crippen LogP contribution in [0.15, 0.2) is 24.3 Å². The van der Waals surface area contributed by atoms with Gasteiger partial charge in [-0.2, -0.15) is 0 Å². The molecule has 2 rings (SSSR count). The summed E-state index contributed by atoms with van der Waals surface area (Å²) in [5.41, 5.74) is 11.7. The lowest BCUT2D eigenvalue weighted by molar-refractivity contribution is -0.128. The van der Waals surface area contributed by atoms with E-state index >= 15 is 0 Å². The van der Waals surface area contributed by atoms with Crippen LogP contribution in [-0.4, -0.2) is 30.6 Å². The Kier molecular flexibility index (Phi) is 4.01. The lowest BCUT2D eigenvalue weighted by atomic mass is 10.1. The number of rotatable bonds is 4. The predicted octanol–water partition coefficient (Wildman–Crippen LogP) is 0.0315. The summed E-state index contributed by atoms with van der Waals surface area (Å²) in [5, 5.41) is 2.75. The first-order valence-corrected chi connectivity index (χ1v) is 6.15. The molecular formula is C13H17N3O3. The van der Waals surface area contributed by atoms with E-state index in [1.807, 2.05) is 0 Å². The van der Waals surface area contributed by atoms with E-state index in [4.69, 9.17) is 16.2 Å². The summed E-state index contributed by atoms with van der Waals surface area (Å²) in [5.74, 6) is -0.703. The number of nitrogens with two attached hydrogens (primary N) is 2. The molecule has 1 heterocycles. The molecule has 2 amide bonds. The number of nitrogens with one attached hydrogen (secondary N) is 1. The summed E-state index contributed by atoms with van der Waals surface area (Å²) in [6, 6.07) is 6.85. The van der Waals surface area contributed by atoms with Gasteiger partial charge in [0.05, 0.1) is 11.7 Å². The Bertz CT molecular complexity index is 490. The molecule has 6 heteroatoms. The van der Waals surface area contributed by atoms with Crippen LogP contribution in [0.3, 0.4) is 0 Å². The van der Waals surface area contributed by atoms with Crippen LogP contribution in [0.4, 0.5) is 5.69 Å². The number of hydrogen-bond donors (Lipinski definition) is 3. The molecular weight excluding hydrogens is 246 g/mol. The van der Waals surface area contributed by atoms with E-state index in [-0.39, 0.29) is 12.0 Å². The van der Waals surface area contributed by atoms with Crippen molar-refractivity contribution in [1.29, 1.82) is 0 Å². The normalized spacial score (nSPS) is 22.1. The van der Waals surface area contributed by atoms with Crippen LogP contribution in [0.25, 0.3) is 0 Å². The van der Waals surface area contributed by atoms with Gasteiger partial charge in [0, 0.05) is 12.2 Å². The summed E-state index contributed by atoms with van der Waals surface area (Å²) in [6.45, 7) is 0.344. The number of hydrogen-bond acceptors (Lipinski definition) is 4. The van der Waals surface area contributed by atoms with Gasteiger partial charge in [-0.3, -0.25) is 9.59 Å². The van der Waals surface area contributed by atoms with Crippen molar-refractivity contribution in [1.82, 2.24) is 5.32 Å². The van der Waals surface area contributed by atoms with Crippen LogP contribution >= 0.6 is 0 Å². The lowest BCUT2D eigenvalue weighted by Crippen LogP contribution is -2.34. The Morgan fingerprint density at radius 2 is 2.05 bits per heavy atom. The second kappa shape index (κ2) is 5.71. The number of carbonyl (C=O) groups excluding carboxylic acids is 2. The molecule has 1 aliphatic heterocycles. The molecule has 1 aliphatic rings. The van der Waals surface area contributed by atoms with Gasteiger partial charge in [-0.25, -0.2) is 0 Å². The minimum Gasteiger partial charge on any atom is -0.398 e. The zero-order valence-corrected chi connectivity index (χ0v) is 10.5. The molecule has 2 atom stereocenters. The molecule has 6 nitrogen and oxygen atoms in total. The Morgan fingerprint density at radius 1 is 1.32 bits per heavy atom. The first-order chi connectivity index (χ1) is 9.08. The highest BCUT2D eigenvalue weighted by molar-refractivity contribution is 5.99. The van der Waals surface area contributed by atoms with Gasteiger partial charge in [-0.05, 0) is 25.0 Å². The van der Waals surface area contributed by atoms with Crippen molar-refractivity contribution in [2.75, 3.05) is 12.3 Å². The van der Waals surface area contributed by atoms with Crippen LogP contribution in [0.5, 0.6) is 0 Å². The standard InChI is InChI=1S/C13H17N3O3/c14-10-4-2-1-3-9(10)13(18)16-7-8-5-6-11(19-8)12(15)17/h1-4,8,11H,5-7,14H2,(H2,15,17)(H,16,18). The molecule has 5 N–H and O–H groups in total. The Hall–Kier alpha value is -2.08. The zero-order valence-electron chi connectivity index (χ0n) is 10.5. The first-order valence-electron chi connectivity index (χ1n) is 6.15. The van der Waals surface area contributed by atoms with Gasteiger partial charge in [0.2, 0.25) is 5.91 Å². The summed E-state index contributed by atoms with van der Waals surface area (Å²) in [4.78, 5) is 22.8. The molecule has 0 aromatic heterocycles. The lowest BCUT2D eigenvalue weighted by Gasteiger charge is -2.13. The highest BCUT2D eigenvalue weighted by atomic mass is 16.5. The molecule has 102 valence electrons. The van der Waals surface area contributed by atoms with Crippen LogP contribution in [0, 0.1) is 0 Å². The van der Waals surface area contributed by atoms with E-state index in [1.165, 1.54) is 0 Å². The summed E-state index contributed by atoms with van der Waals surface area (Å²) in [7, 11) is 0. The fraction of sp³-hybridized carbons (Fsp3) is 0.385. The average molecular weight is 263 g/mol. The topological polar surface area (TPSA) is 107 Å². The molecule has 1 aromatic carbocycles. The molecule has 0 saturated carbocycles. The summed E-state index contributed by atoms with van der Waals surface area (Å²) < 4.78 is 5.42. The van der Waals surface area contributed by atoms with Crippen molar-refractivity contribution in [3.8, 4) is 0 Å². The maximum Gasteiger partial charge on any atom is 0.253 e. The third-order valence-electron chi connectivity index (χ3n) is 3.12. The molecule has 0 aliphatic carbocycles. The average Bonchev–Trinajstić information content (AvgIpc) is 2.85. The smallest absolute Gasteiger partial charge is 0.253 e. The van der Waals surface area contributed by atoms with Gasteiger partial charge in [0.1, 0.15) is 6.10 Å². The Morgan fingerprint density at radius 3 is 2.68 bits per heavy atom. The minimum atomic E-state index is -0.538. The van der Waals surface area contributed by atoms with Crippen molar-refractivity contribution < 1.29 is 14.3 Å². The number of amides is 2. The fourth-order valence-corrected chi connectivity index (χ4v) is 2.07. The number of carbonyl (C=O) groups is 2. The quantitative estimate of drug-likeness (QED) is 0.666. The van der Waals surface area contributed by atoms with Crippen LogP contribution < -0.4 is 16.8 Å². The van der Waals surface area contributed by atoms with E-state index in [2.05, 4.69) is 5.32 Å². The van der Waals surface area contributed by atoms with Crippen LogP contribution in [0.2, 0.25) is 0 Å². The van der Waals surface area contributed by atoms with E-state index in [0.29, 0.717) is 30.6 Å². The zero-order chi connectivity index (χ0) is 13.8. The maximum atomic E-state index is 11.9. The van der Waals surface area contributed by atoms with Crippen LogP contribution in [-0.2, 0) is 9.53 Å². The van der Waals surface area contributed by atoms with Gasteiger partial charge in [-0.15, -0.1) is 0 Å². The monoisotopic (exact) mass is 263 g/mol. The number of anilines is 1. The predicted molar refractivity (Wildman–Crippen MR) is 70.3 cm³/mol. The molecule has 1 aromatic rings. The number of para-hydroxylation sites is 1. The van der Waals surface area contributed by atoms with E-state index in [0.717, 1.165) is 0 Å². The van der Waals surface area contributed by atoms with Gasteiger partial charge in [-0.1, -0.05) is 12.1 Å². The van der Waals surface area contributed by atoms with E-state index in [9.17, 15) is 9.59 Å². The maximum absolute atomic E-state index is 11.9. The molecule has 0 bridgehead atoms. The number of benzene rings is 1. The van der Waals surface area contributed by atoms with Crippen molar-refractivity contribution >= 4 is 17.5 Å². The highest BCUT2D eigenvalue weighted by Gasteiger charge is 2.29. The van der Waals surface area contributed by atoms with Crippen LogP contribution in [0.1, 0.15) is 23.2 Å². The number of primary amides is 1. The van der Waals surface area contributed by atoms with Gasteiger partial charge >= 0.3 is 0 Å². The van der Waals surface area contributed by atoms with Gasteiger partial charge in [0.15, 0.2) is 0 Å². The van der Waals surface area contributed by atoms with Crippen molar-refractivity contribution in [2.24, 2.45) is 5.73 Å². The SMILES string of the molecule is NC(=O)C1CCC(CNC(=O)c2ccccc2N)O1. The van der Waals surface area contributed by atoms with Crippen molar-refractivity contribution in [3.05, 3.63) is 29.8 Å². The number of nitrogen functional groups attached to an aromatic ring is 1. The molecule has 0 spiro atoms. The minimum absolute atomic E-state index is 0.175. The van der Waals surface area contributed by atoms with E-state index in [1.54, 1.807) is 24.3 Å². The second-order valence-corrected chi connectivity index (χ2v) is 4.52. The molecule has 2 unspecified atom stereocenters. The largest absolute Gasteiger partial charge is 0.398 e. The third-order valence-corrected chi connectivity index (χ3v) is 3.12. The van der Waals surface area contributed by atoms with Gasteiger partial charge < -0.3 is 21.5 Å². The second-order valence-electron chi connectivity index (χ2n) is 4.52. The Labute approximate surface area is 111 Å². The highest BCUT2D eigenvalue weighted by Crippen LogP contribution is 2.19. The molecule has 19 heavy (non-hydrogen) atoms. The first kappa shape index (κ1) is 13.4. The van der Waals surface area contributed by atoms with E-state index < -0.39 is 12.0 Å². The summed E-state index contributed by atoms with van der Waals surface area (Å²) in [6.07, 6.45) is 0.594. The van der Waals surface area contributed by atoms with Crippen molar-refractivity contribution in [3.63, 3.8) is 0 Å². The molecule has 1 saturated heterocycles. The Balaban J connectivity index is 1.85. The fourth-order valence-electron chi connectivity index (χ4n) is 2.07. The summed E-state index contributed by atoms with van der Waals surface area (Å²) >= 11 is 0. The van der Waals surface area contributed by atoms with Crippen molar-refractivity contribution in [2.45, 2.75) is 25.0 Å². The third kappa shape index (κ3) is 3.23. The molecule has 0 radical (unpaired) electrons. The number of ether oxygens (including phenoxy) is 1.